The van der Waals surface area contributed by atoms with Crippen molar-refractivity contribution in [3.05, 3.63) is 29.8 Å². The van der Waals surface area contributed by atoms with Crippen LogP contribution in [0.4, 0.5) is 0 Å². The molecule has 2 saturated carbocycles. The molecule has 2 aliphatic carbocycles. The number of piperidine rings is 1. The van der Waals surface area contributed by atoms with Crippen molar-refractivity contribution in [2.75, 3.05) is 20.2 Å². The van der Waals surface area contributed by atoms with Crippen LogP contribution in [0.25, 0.3) is 0 Å². The van der Waals surface area contributed by atoms with E-state index < -0.39 is 0 Å². The maximum Gasteiger partial charge on any atom is 0.132 e. The van der Waals surface area contributed by atoms with Crippen molar-refractivity contribution in [3.63, 3.8) is 0 Å². The average molecular weight is 370 g/mol. The highest BCUT2D eigenvalue weighted by atomic mass is 16.5. The van der Waals surface area contributed by atoms with Crippen molar-refractivity contribution < 1.29 is 9.53 Å². The molecule has 0 N–H and O–H groups in total. The topological polar surface area (TPSA) is 29.5 Å². The molecule has 27 heavy (non-hydrogen) atoms. The fourth-order valence-corrected chi connectivity index (χ4v) is 5.95. The van der Waals surface area contributed by atoms with Gasteiger partial charge in [-0.05, 0) is 93.8 Å². The zero-order valence-electron chi connectivity index (χ0n) is 16.9. The summed E-state index contributed by atoms with van der Waals surface area (Å²) in [6.07, 6.45) is 12.0. The van der Waals surface area contributed by atoms with Gasteiger partial charge in [0, 0.05) is 18.9 Å². The van der Waals surface area contributed by atoms with Gasteiger partial charge < -0.3 is 9.64 Å². The molecule has 1 aromatic rings. The van der Waals surface area contributed by atoms with E-state index in [2.05, 4.69) is 29.2 Å². The van der Waals surface area contributed by atoms with Gasteiger partial charge in [0.15, 0.2) is 0 Å². The van der Waals surface area contributed by atoms with Crippen LogP contribution < -0.4 is 4.74 Å². The number of carbonyl (C=O) groups excluding carboxylic acids is 1. The largest absolute Gasteiger partial charge is 0.496 e. The lowest BCUT2D eigenvalue weighted by molar-refractivity contribution is -0.121. The molecule has 1 saturated heterocycles. The van der Waals surface area contributed by atoms with Gasteiger partial charge >= 0.3 is 0 Å². The number of hydrogen-bond acceptors (Lipinski definition) is 3. The maximum absolute atomic E-state index is 11.5. The SMILES string of the molecule is COc1ccccc1C1CCN(C2CCC(C3CCC(=O)CC3)CC2)CC1. The minimum atomic E-state index is 0.498. The van der Waals surface area contributed by atoms with Crippen molar-refractivity contribution in [2.45, 2.75) is 76.2 Å². The monoisotopic (exact) mass is 369 g/mol. The van der Waals surface area contributed by atoms with E-state index in [1.165, 1.54) is 70.0 Å². The Hall–Kier alpha value is -1.35. The van der Waals surface area contributed by atoms with E-state index in [9.17, 15) is 4.79 Å². The molecule has 3 aliphatic rings. The lowest BCUT2D eigenvalue weighted by Gasteiger charge is -2.42. The number of rotatable bonds is 4. The Kier molecular flexibility index (Phi) is 6.17. The summed E-state index contributed by atoms with van der Waals surface area (Å²) in [6.45, 7) is 2.46. The first kappa shape index (κ1) is 19.0. The third-order valence-corrected chi connectivity index (χ3v) is 7.62. The van der Waals surface area contributed by atoms with E-state index in [-0.39, 0.29) is 0 Å². The second-order valence-electron chi connectivity index (χ2n) is 9.00. The molecule has 1 aliphatic heterocycles. The first-order valence-corrected chi connectivity index (χ1v) is 11.1. The smallest absolute Gasteiger partial charge is 0.132 e. The lowest BCUT2D eigenvalue weighted by atomic mass is 9.72. The highest BCUT2D eigenvalue weighted by Crippen LogP contribution is 2.40. The second-order valence-corrected chi connectivity index (χ2v) is 9.00. The molecular formula is C24H35NO2. The highest BCUT2D eigenvalue weighted by Gasteiger charge is 2.33. The molecule has 1 aromatic carbocycles. The Bertz CT molecular complexity index is 617. The summed E-state index contributed by atoms with van der Waals surface area (Å²) in [7, 11) is 1.79. The van der Waals surface area contributed by atoms with Crippen molar-refractivity contribution in [1.82, 2.24) is 4.90 Å². The fourth-order valence-electron chi connectivity index (χ4n) is 5.95. The number of benzene rings is 1. The Morgan fingerprint density at radius 2 is 1.48 bits per heavy atom. The number of para-hydroxylation sites is 1. The van der Waals surface area contributed by atoms with Gasteiger partial charge in [-0.15, -0.1) is 0 Å². The van der Waals surface area contributed by atoms with Crippen molar-refractivity contribution >= 4 is 5.78 Å². The Morgan fingerprint density at radius 1 is 0.852 bits per heavy atom. The van der Waals surface area contributed by atoms with E-state index in [1.807, 2.05) is 0 Å². The third-order valence-electron chi connectivity index (χ3n) is 7.62. The summed E-state index contributed by atoms with van der Waals surface area (Å²) >= 11 is 0. The Balaban J connectivity index is 1.25. The summed E-state index contributed by atoms with van der Waals surface area (Å²) in [4.78, 5) is 14.3. The van der Waals surface area contributed by atoms with E-state index >= 15 is 0 Å². The van der Waals surface area contributed by atoms with Crippen LogP contribution in [0.1, 0.15) is 75.7 Å². The van der Waals surface area contributed by atoms with Crippen molar-refractivity contribution in [2.24, 2.45) is 11.8 Å². The first-order chi connectivity index (χ1) is 13.2. The zero-order valence-corrected chi connectivity index (χ0v) is 16.9. The molecule has 3 nitrogen and oxygen atoms in total. The molecule has 1 heterocycles. The fraction of sp³-hybridized carbons (Fsp3) is 0.708. The molecule has 0 unspecified atom stereocenters. The molecule has 3 heteroatoms. The van der Waals surface area contributed by atoms with Crippen LogP contribution >= 0.6 is 0 Å². The molecule has 0 aromatic heterocycles. The third kappa shape index (κ3) is 4.39. The molecule has 148 valence electrons. The lowest BCUT2D eigenvalue weighted by Crippen LogP contribution is -2.43. The molecule has 0 atom stereocenters. The van der Waals surface area contributed by atoms with E-state index in [0.717, 1.165) is 36.5 Å². The van der Waals surface area contributed by atoms with Crippen molar-refractivity contribution in [3.8, 4) is 5.75 Å². The zero-order chi connectivity index (χ0) is 18.6. The summed E-state index contributed by atoms with van der Waals surface area (Å²) in [5.74, 6) is 3.93. The van der Waals surface area contributed by atoms with Gasteiger partial charge in [-0.25, -0.2) is 0 Å². The minimum Gasteiger partial charge on any atom is -0.496 e. The number of hydrogen-bond donors (Lipinski definition) is 0. The molecule has 4 rings (SSSR count). The molecular weight excluding hydrogens is 334 g/mol. The van der Waals surface area contributed by atoms with Crippen LogP contribution in [-0.4, -0.2) is 36.9 Å². The van der Waals surface area contributed by atoms with Crippen LogP contribution in [0.2, 0.25) is 0 Å². The van der Waals surface area contributed by atoms with E-state index in [1.54, 1.807) is 7.11 Å². The van der Waals surface area contributed by atoms with Crippen LogP contribution in [-0.2, 0) is 4.79 Å². The minimum absolute atomic E-state index is 0.498. The predicted octanol–water partition coefficient (Wildman–Crippen LogP) is 5.19. The quantitative estimate of drug-likeness (QED) is 0.731. The highest BCUT2D eigenvalue weighted by molar-refractivity contribution is 5.79. The van der Waals surface area contributed by atoms with Gasteiger partial charge in [-0.2, -0.15) is 0 Å². The molecule has 3 fully saturated rings. The van der Waals surface area contributed by atoms with Gasteiger partial charge in [-0.3, -0.25) is 4.79 Å². The van der Waals surface area contributed by atoms with Gasteiger partial charge in [-0.1, -0.05) is 18.2 Å². The number of Topliss-reactive ketones (excluding diaryl/α,β-unsaturated/α-hetero) is 1. The predicted molar refractivity (Wildman–Crippen MR) is 109 cm³/mol. The molecule has 0 spiro atoms. The van der Waals surface area contributed by atoms with Gasteiger partial charge in [0.25, 0.3) is 0 Å². The normalized spacial score (nSPS) is 29.0. The van der Waals surface area contributed by atoms with Gasteiger partial charge in [0.2, 0.25) is 0 Å². The van der Waals surface area contributed by atoms with E-state index in [4.69, 9.17) is 4.74 Å². The number of ketones is 1. The summed E-state index contributed by atoms with van der Waals surface area (Å²) < 4.78 is 5.58. The number of carbonyl (C=O) groups is 1. The molecule has 0 amide bonds. The summed E-state index contributed by atoms with van der Waals surface area (Å²) in [5.41, 5.74) is 1.40. The first-order valence-electron chi connectivity index (χ1n) is 11.1. The summed E-state index contributed by atoms with van der Waals surface area (Å²) in [6, 6.07) is 9.36. The van der Waals surface area contributed by atoms with Crippen LogP contribution in [0, 0.1) is 11.8 Å². The number of methoxy groups -OCH3 is 1. The second kappa shape index (κ2) is 8.77. The maximum atomic E-state index is 11.5. The van der Waals surface area contributed by atoms with Crippen LogP contribution in [0.5, 0.6) is 5.75 Å². The molecule has 0 radical (unpaired) electrons. The van der Waals surface area contributed by atoms with E-state index in [0.29, 0.717) is 11.7 Å². The number of likely N-dealkylation sites (tertiary alicyclic amines) is 1. The van der Waals surface area contributed by atoms with Gasteiger partial charge in [0.05, 0.1) is 7.11 Å². The van der Waals surface area contributed by atoms with Crippen LogP contribution in [0.15, 0.2) is 24.3 Å². The number of nitrogens with zero attached hydrogens (tertiary/aromatic N) is 1. The van der Waals surface area contributed by atoms with Crippen LogP contribution in [0.3, 0.4) is 0 Å². The van der Waals surface area contributed by atoms with Crippen molar-refractivity contribution in [1.29, 1.82) is 0 Å². The Morgan fingerprint density at radius 3 is 2.15 bits per heavy atom. The molecule has 0 bridgehead atoms. The van der Waals surface area contributed by atoms with Gasteiger partial charge in [0.1, 0.15) is 11.5 Å². The standard InChI is InChI=1S/C24H35NO2/c1-27-24-5-3-2-4-23(24)20-14-16-25(17-15-20)21-10-6-18(7-11-21)19-8-12-22(26)13-9-19/h2-5,18-21H,6-17H2,1H3. The summed E-state index contributed by atoms with van der Waals surface area (Å²) in [5, 5.41) is 0. The number of ether oxygens (including phenoxy) is 1. The Labute approximate surface area is 164 Å². The average Bonchev–Trinajstić information content (AvgIpc) is 2.74.